The summed E-state index contributed by atoms with van der Waals surface area (Å²) in [7, 11) is 0. The molecule has 0 unspecified atom stereocenters. The van der Waals surface area contributed by atoms with E-state index in [1.54, 1.807) is 13.3 Å². The molecule has 14 heavy (non-hydrogen) atoms. The summed E-state index contributed by atoms with van der Waals surface area (Å²) in [6.07, 6.45) is 1.69. The monoisotopic (exact) mass is 721 g/mol. The first-order chi connectivity index (χ1) is 3.13. The Bertz CT molecular complexity index is 78.6. The van der Waals surface area contributed by atoms with E-state index >= 15 is 0 Å². The molecular formula is C6H11OY7-. The van der Waals surface area contributed by atoms with Gasteiger partial charge in [0.2, 0.25) is 0 Å². The number of hydrogen-bond acceptors (Lipinski definition) is 1. The van der Waals surface area contributed by atoms with Gasteiger partial charge >= 0.3 is 0 Å². The van der Waals surface area contributed by atoms with Crippen molar-refractivity contribution in [1.29, 1.82) is 0 Å². The Hall–Kier alpha value is 7.27. The molecule has 8 heteroatoms. The van der Waals surface area contributed by atoms with Gasteiger partial charge in [0.1, 0.15) is 0 Å². The van der Waals surface area contributed by atoms with Crippen molar-refractivity contribution in [2.45, 2.75) is 20.8 Å². The van der Waals surface area contributed by atoms with Crippen LogP contribution in [0.25, 0.3) is 0 Å². The van der Waals surface area contributed by atoms with Crippen LogP contribution in [0.5, 0.6) is 0 Å². The Morgan fingerprint density at radius 3 is 1.07 bits per heavy atom. The molecule has 0 aliphatic rings. The minimum absolute atomic E-state index is 0. The predicted octanol–water partition coefficient (Wildman–Crippen LogP) is 1.42. The molecule has 0 aromatic carbocycles. The molecule has 0 spiro atoms. The van der Waals surface area contributed by atoms with Gasteiger partial charge in [-0.15, -0.1) is 0 Å². The second-order valence-electron chi connectivity index (χ2n) is 2.02. The molecule has 0 aliphatic heterocycles. The van der Waals surface area contributed by atoms with E-state index in [4.69, 9.17) is 0 Å². The zero-order valence-electron chi connectivity index (χ0n) is 9.10. The number of hydrogen-bond donors (Lipinski definition) is 0. The van der Waals surface area contributed by atoms with Gasteiger partial charge < -0.3 is 11.2 Å². The molecular weight excluding hydrogens is 710 g/mol. The van der Waals surface area contributed by atoms with Crippen LogP contribution in [0.2, 0.25) is 0 Å². The fourth-order valence-corrected chi connectivity index (χ4v) is 0.469. The number of Topliss-reactive ketones (excluding diaryl/α,β-unsaturated/α-hetero) is 1. The van der Waals surface area contributed by atoms with Crippen molar-refractivity contribution in [3.05, 3.63) is 6.42 Å². The molecule has 0 aliphatic carbocycles. The number of carbonyl (C=O) groups is 1. The second-order valence-corrected chi connectivity index (χ2v) is 2.02. The molecule has 0 N–H and O–H groups in total. The van der Waals surface area contributed by atoms with Gasteiger partial charge in [0.05, 0.1) is 0 Å². The minimum atomic E-state index is 0. The summed E-state index contributed by atoms with van der Waals surface area (Å²) >= 11 is 0. The van der Waals surface area contributed by atoms with E-state index in [0.29, 0.717) is 5.92 Å². The molecule has 0 aromatic rings. The Balaban J connectivity index is -0.00000000857. The molecule has 1 nitrogen and oxygen atoms in total. The molecule has 63 valence electrons. The van der Waals surface area contributed by atoms with Crippen LogP contribution in [0, 0.1) is 12.3 Å². The van der Waals surface area contributed by atoms with Crippen LogP contribution in [0.15, 0.2) is 0 Å². The van der Waals surface area contributed by atoms with Gasteiger partial charge in [-0.05, 0) is 12.7 Å². The first kappa shape index (κ1) is 49.6. The van der Waals surface area contributed by atoms with Gasteiger partial charge in [-0.1, -0.05) is 13.8 Å². The number of rotatable bonds is 2. The number of ketones is 1. The molecule has 0 bridgehead atoms. The van der Waals surface area contributed by atoms with E-state index in [-0.39, 0.29) is 235 Å². The van der Waals surface area contributed by atoms with Gasteiger partial charge in [0.25, 0.3) is 0 Å². The third-order valence-corrected chi connectivity index (χ3v) is 0.568. The zero-order valence-corrected chi connectivity index (χ0v) is 29.0. The maximum atomic E-state index is 10.2. The van der Waals surface area contributed by atoms with Gasteiger partial charge in [0, 0.05) is 229 Å². The van der Waals surface area contributed by atoms with E-state index < -0.39 is 0 Å². The van der Waals surface area contributed by atoms with Gasteiger partial charge in [-0.25, -0.2) is 0 Å². The largest absolute Gasteiger partial charge is 0.335 e. The van der Waals surface area contributed by atoms with Crippen LogP contribution in [-0.4, -0.2) is 5.78 Å². The van der Waals surface area contributed by atoms with Crippen LogP contribution >= 0.6 is 0 Å². The van der Waals surface area contributed by atoms with E-state index in [2.05, 4.69) is 0 Å². The van der Waals surface area contributed by atoms with Crippen molar-refractivity contribution in [1.82, 2.24) is 0 Å². The molecule has 0 atom stereocenters. The smallest absolute Gasteiger partial charge is 0 e. The van der Waals surface area contributed by atoms with Crippen molar-refractivity contribution in [3.8, 4) is 0 Å². The topological polar surface area (TPSA) is 17.1 Å². The van der Waals surface area contributed by atoms with Gasteiger partial charge in [0.15, 0.2) is 0 Å². The molecule has 0 saturated carbocycles. The summed E-state index contributed by atoms with van der Waals surface area (Å²) in [6, 6.07) is 0. The Morgan fingerprint density at radius 2 is 1.07 bits per heavy atom. The zero-order chi connectivity index (χ0) is 5.86. The average molecular weight is 721 g/mol. The van der Waals surface area contributed by atoms with E-state index in [1.165, 1.54) is 0 Å². The van der Waals surface area contributed by atoms with Crippen LogP contribution in [0.4, 0.5) is 0 Å². The van der Waals surface area contributed by atoms with Crippen LogP contribution in [-0.2, 0) is 234 Å². The normalized spacial score (nSPS) is 4.57. The van der Waals surface area contributed by atoms with E-state index in [1.807, 2.05) is 13.8 Å². The molecule has 7 radical (unpaired) electrons. The molecule has 0 heterocycles. The van der Waals surface area contributed by atoms with Crippen molar-refractivity contribution in [2.75, 3.05) is 0 Å². The van der Waals surface area contributed by atoms with Crippen molar-refractivity contribution in [2.24, 2.45) is 5.92 Å². The summed E-state index contributed by atoms with van der Waals surface area (Å²) in [6.45, 7) is 5.54. The number of carbonyl (C=O) groups excluding carboxylic acids is 1. The van der Waals surface area contributed by atoms with Gasteiger partial charge in [-0.2, -0.15) is 5.92 Å². The third-order valence-electron chi connectivity index (χ3n) is 0.568. The Kier molecular flexibility index (Phi) is 131. The Labute approximate surface area is 264 Å². The van der Waals surface area contributed by atoms with E-state index in [0.717, 1.165) is 0 Å². The fraction of sp³-hybridized carbons (Fsp3) is 0.667. The summed E-state index contributed by atoms with van der Waals surface area (Å²) < 4.78 is 0. The molecule has 0 amide bonds. The summed E-state index contributed by atoms with van der Waals surface area (Å²) in [4.78, 5) is 10.2. The summed E-state index contributed by atoms with van der Waals surface area (Å²) in [5.41, 5.74) is 0. The molecule has 0 rings (SSSR count). The quantitative estimate of drug-likeness (QED) is 0.395. The van der Waals surface area contributed by atoms with Crippen molar-refractivity contribution < 1.29 is 234 Å². The summed E-state index contributed by atoms with van der Waals surface area (Å²) in [5, 5.41) is 0. The summed E-state index contributed by atoms with van der Waals surface area (Å²) in [5.74, 6) is 0.563. The minimum Gasteiger partial charge on any atom is -0.335 e. The standard InChI is InChI=1S/C6H11O.7Y/c1-5(2)4-6(3)7;;;;;;;/h4-5H,1-3H3;;;;;;;/q-1;;;;;;;. The maximum Gasteiger partial charge on any atom is 0 e. The van der Waals surface area contributed by atoms with Crippen LogP contribution in [0.1, 0.15) is 20.8 Å². The maximum absolute atomic E-state index is 10.2. The fourth-order valence-electron chi connectivity index (χ4n) is 0.469. The Morgan fingerprint density at radius 1 is 0.857 bits per heavy atom. The third kappa shape index (κ3) is 50.6. The average Bonchev–Trinajstić information content (AvgIpc) is 1.27. The predicted molar refractivity (Wildman–Crippen MR) is 29.8 cm³/mol. The second kappa shape index (κ2) is 37.0. The first-order valence-corrected chi connectivity index (χ1v) is 2.48. The molecule has 0 fully saturated rings. The molecule has 0 saturated heterocycles. The van der Waals surface area contributed by atoms with E-state index in [9.17, 15) is 4.79 Å². The first-order valence-electron chi connectivity index (χ1n) is 2.48. The van der Waals surface area contributed by atoms with Gasteiger partial charge in [-0.3, -0.25) is 0 Å². The SMILES string of the molecule is CC(=O)[CH-]C(C)C.[Y].[Y].[Y].[Y].[Y].[Y].[Y]. The van der Waals surface area contributed by atoms with Crippen LogP contribution in [0.3, 0.4) is 0 Å². The van der Waals surface area contributed by atoms with Crippen molar-refractivity contribution >= 4 is 5.78 Å². The molecule has 0 aromatic heterocycles. The van der Waals surface area contributed by atoms with Crippen molar-refractivity contribution in [3.63, 3.8) is 0 Å². The van der Waals surface area contributed by atoms with Crippen LogP contribution < -0.4 is 0 Å².